The first kappa shape index (κ1) is 86.5. The van der Waals surface area contributed by atoms with Gasteiger partial charge in [-0.1, -0.05) is 352 Å². The number of nitrogens with zero attached hydrogens (tertiary/aromatic N) is 1. The molecular formula is C80H151NO8. The van der Waals surface area contributed by atoms with Crippen molar-refractivity contribution in [3.05, 3.63) is 36.5 Å². The summed E-state index contributed by atoms with van der Waals surface area (Å²) in [5.74, 6) is -2.25. The van der Waals surface area contributed by atoms with Crippen LogP contribution in [-0.2, 0) is 33.3 Å². The lowest BCUT2D eigenvalue weighted by Crippen LogP contribution is -2.44. The Labute approximate surface area is 553 Å². The van der Waals surface area contributed by atoms with E-state index in [1.807, 2.05) is 21.1 Å². The molecule has 89 heavy (non-hydrogen) atoms. The SMILES string of the molecule is CCCCCCC/C=C\C/C=C\CCCCCCCCCCCCCCCCCCCCCCCCCCCCCCCC(=O)OC(COC(=O)CCCCCCCCCCCCC/C=C\CCCCCCCCCC)COC(OCC[N+](C)(C)C)C(=O)[O-]. The van der Waals surface area contributed by atoms with E-state index in [9.17, 15) is 19.5 Å². The van der Waals surface area contributed by atoms with Crippen LogP contribution < -0.4 is 5.11 Å². The molecule has 0 saturated heterocycles. The highest BCUT2D eigenvalue weighted by Crippen LogP contribution is 2.19. The molecule has 0 spiro atoms. The van der Waals surface area contributed by atoms with Gasteiger partial charge < -0.3 is 33.3 Å². The molecule has 0 saturated carbocycles. The number of ether oxygens (including phenoxy) is 4. The second kappa shape index (κ2) is 71.4. The minimum absolute atomic E-state index is 0.151. The average Bonchev–Trinajstić information content (AvgIpc) is 3.64. The molecule has 524 valence electrons. The number of carbonyl (C=O) groups excluding carboxylic acids is 3. The normalized spacial score (nSPS) is 12.8. The molecule has 2 atom stereocenters. The molecular weight excluding hydrogens is 1100 g/mol. The summed E-state index contributed by atoms with van der Waals surface area (Å²) in [4.78, 5) is 37.5. The first-order valence-corrected chi connectivity index (χ1v) is 39.1. The van der Waals surface area contributed by atoms with E-state index in [0.717, 1.165) is 44.9 Å². The van der Waals surface area contributed by atoms with Crippen molar-refractivity contribution in [2.45, 2.75) is 411 Å². The van der Waals surface area contributed by atoms with E-state index >= 15 is 0 Å². The predicted molar refractivity (Wildman–Crippen MR) is 380 cm³/mol. The van der Waals surface area contributed by atoms with Gasteiger partial charge >= 0.3 is 11.9 Å². The smallest absolute Gasteiger partial charge is 0.306 e. The Morgan fingerprint density at radius 1 is 0.337 bits per heavy atom. The summed E-state index contributed by atoms with van der Waals surface area (Å²) in [5, 5.41) is 11.8. The number of rotatable bonds is 74. The number of hydrogen-bond acceptors (Lipinski definition) is 8. The first-order valence-electron chi connectivity index (χ1n) is 39.1. The van der Waals surface area contributed by atoms with Gasteiger partial charge in [-0.05, 0) is 70.6 Å². The topological polar surface area (TPSA) is 111 Å². The van der Waals surface area contributed by atoms with E-state index in [2.05, 4.69) is 50.3 Å². The molecule has 0 heterocycles. The van der Waals surface area contributed by atoms with Gasteiger partial charge in [0.15, 0.2) is 12.4 Å². The predicted octanol–water partition coefficient (Wildman–Crippen LogP) is 23.4. The molecule has 9 nitrogen and oxygen atoms in total. The van der Waals surface area contributed by atoms with Crippen LogP contribution in [0.1, 0.15) is 399 Å². The maximum Gasteiger partial charge on any atom is 0.306 e. The summed E-state index contributed by atoms with van der Waals surface area (Å²) in [6.07, 6.45) is 88.4. The highest BCUT2D eigenvalue weighted by atomic mass is 16.7. The monoisotopic (exact) mass is 1250 g/mol. The highest BCUT2D eigenvalue weighted by Gasteiger charge is 2.22. The molecule has 0 aliphatic carbocycles. The number of carbonyl (C=O) groups is 3. The van der Waals surface area contributed by atoms with Crippen LogP contribution in [0.3, 0.4) is 0 Å². The van der Waals surface area contributed by atoms with Gasteiger partial charge in [0.05, 0.1) is 40.3 Å². The fourth-order valence-corrected chi connectivity index (χ4v) is 11.9. The highest BCUT2D eigenvalue weighted by molar-refractivity contribution is 5.70. The molecule has 2 unspecified atom stereocenters. The van der Waals surface area contributed by atoms with Gasteiger partial charge in [-0.3, -0.25) is 9.59 Å². The minimum atomic E-state index is -1.62. The molecule has 0 fully saturated rings. The Hall–Kier alpha value is -2.49. The third-order valence-electron chi connectivity index (χ3n) is 17.9. The first-order chi connectivity index (χ1) is 43.6. The molecule has 0 aromatic heterocycles. The van der Waals surface area contributed by atoms with Gasteiger partial charge in [0, 0.05) is 12.8 Å². The number of allylic oxidation sites excluding steroid dienone is 6. The zero-order valence-corrected chi connectivity index (χ0v) is 60.1. The lowest BCUT2D eigenvalue weighted by Gasteiger charge is -2.26. The van der Waals surface area contributed by atoms with Crippen LogP contribution in [-0.4, -0.2) is 82.3 Å². The van der Waals surface area contributed by atoms with Crippen LogP contribution in [0.25, 0.3) is 0 Å². The Balaban J connectivity index is 3.93. The number of aliphatic carboxylic acids is 1. The average molecular weight is 1260 g/mol. The Morgan fingerprint density at radius 3 is 0.899 bits per heavy atom. The van der Waals surface area contributed by atoms with Crippen LogP contribution >= 0.6 is 0 Å². The second-order valence-corrected chi connectivity index (χ2v) is 28.0. The minimum Gasteiger partial charge on any atom is -0.545 e. The standard InChI is InChI=1S/C80H151NO8/c1-6-8-10-12-14-16-18-20-22-24-26-28-30-31-32-33-34-35-36-37-38-39-40-41-42-43-44-45-46-47-49-51-53-55-57-59-61-63-65-67-69-71-78(83)89-76(75-88-80(79(84)85)86-73-72-81(3,4)5)74-87-77(82)70-68-66-64-62-60-58-56-54-52-50-48-29-27-25-23-21-19-17-15-13-11-9-7-2/h18,20,24-27,76,80H,6-17,19,21-23,28-75H2,1-5H3/b20-18-,26-24-,27-25-. The maximum atomic E-state index is 13.0. The quantitative estimate of drug-likeness (QED) is 0.0195. The summed E-state index contributed by atoms with van der Waals surface area (Å²) in [5.41, 5.74) is 0. The molecule has 9 heteroatoms. The molecule has 0 aromatic rings. The van der Waals surface area contributed by atoms with E-state index in [1.165, 1.54) is 327 Å². The number of likely N-dealkylation sites (N-methyl/N-ethyl adjacent to an activating group) is 1. The van der Waals surface area contributed by atoms with Crippen molar-refractivity contribution in [3.63, 3.8) is 0 Å². The van der Waals surface area contributed by atoms with Crippen molar-refractivity contribution in [1.29, 1.82) is 0 Å². The fraction of sp³-hybridized carbons (Fsp3) is 0.887. The van der Waals surface area contributed by atoms with Crippen LogP contribution in [0.4, 0.5) is 0 Å². The van der Waals surface area contributed by atoms with Crippen molar-refractivity contribution >= 4 is 17.9 Å². The Bertz CT molecular complexity index is 1550. The zero-order valence-electron chi connectivity index (χ0n) is 60.1. The van der Waals surface area contributed by atoms with Gasteiger partial charge in [-0.15, -0.1) is 0 Å². The lowest BCUT2D eigenvalue weighted by atomic mass is 10.0. The van der Waals surface area contributed by atoms with Crippen LogP contribution in [0, 0.1) is 0 Å². The summed E-state index contributed by atoms with van der Waals surface area (Å²) in [6.45, 7) is 4.81. The molecule has 0 radical (unpaired) electrons. The van der Waals surface area contributed by atoms with E-state index in [4.69, 9.17) is 18.9 Å². The van der Waals surface area contributed by atoms with E-state index in [-0.39, 0.29) is 32.2 Å². The van der Waals surface area contributed by atoms with Crippen LogP contribution in [0.2, 0.25) is 0 Å². The molecule has 0 rings (SSSR count). The van der Waals surface area contributed by atoms with Crippen molar-refractivity contribution in [1.82, 2.24) is 0 Å². The zero-order chi connectivity index (χ0) is 64.7. The summed E-state index contributed by atoms with van der Waals surface area (Å²) in [7, 11) is 5.95. The van der Waals surface area contributed by atoms with E-state index in [0.29, 0.717) is 17.4 Å². The maximum absolute atomic E-state index is 13.0. The third kappa shape index (κ3) is 72.8. The molecule has 0 aliphatic rings. The van der Waals surface area contributed by atoms with Crippen molar-refractivity contribution < 1.29 is 42.9 Å². The number of carboxylic acid groups (broad SMARTS) is 1. The Kier molecular flexibility index (Phi) is 69.4. The summed E-state index contributed by atoms with van der Waals surface area (Å²) >= 11 is 0. The summed E-state index contributed by atoms with van der Waals surface area (Å²) in [6, 6.07) is 0. The lowest BCUT2D eigenvalue weighted by molar-refractivity contribution is -0.870. The van der Waals surface area contributed by atoms with Crippen molar-refractivity contribution in [2.75, 3.05) is 47.5 Å². The van der Waals surface area contributed by atoms with E-state index < -0.39 is 24.3 Å². The third-order valence-corrected chi connectivity index (χ3v) is 17.9. The fourth-order valence-electron chi connectivity index (χ4n) is 11.9. The molecule has 0 aliphatic heterocycles. The number of unbranched alkanes of at least 4 members (excludes halogenated alkanes) is 53. The van der Waals surface area contributed by atoms with E-state index in [1.54, 1.807) is 0 Å². The van der Waals surface area contributed by atoms with Crippen LogP contribution in [0.15, 0.2) is 36.5 Å². The number of quaternary nitrogens is 1. The van der Waals surface area contributed by atoms with Gasteiger partial charge in [0.25, 0.3) is 0 Å². The largest absolute Gasteiger partial charge is 0.545 e. The van der Waals surface area contributed by atoms with Gasteiger partial charge in [-0.25, -0.2) is 0 Å². The van der Waals surface area contributed by atoms with Gasteiger partial charge in [0.2, 0.25) is 0 Å². The molecule has 0 amide bonds. The number of carboxylic acids is 1. The number of esters is 2. The van der Waals surface area contributed by atoms with Crippen molar-refractivity contribution in [2.24, 2.45) is 0 Å². The van der Waals surface area contributed by atoms with Gasteiger partial charge in [0.1, 0.15) is 13.2 Å². The molecule has 0 bridgehead atoms. The summed E-state index contributed by atoms with van der Waals surface area (Å²) < 4.78 is 22.9. The molecule has 0 N–H and O–H groups in total. The number of hydrogen-bond donors (Lipinski definition) is 0. The van der Waals surface area contributed by atoms with Gasteiger partial charge in [-0.2, -0.15) is 0 Å². The van der Waals surface area contributed by atoms with Crippen molar-refractivity contribution in [3.8, 4) is 0 Å². The second-order valence-electron chi connectivity index (χ2n) is 28.0. The molecule has 0 aromatic carbocycles. The van der Waals surface area contributed by atoms with Crippen LogP contribution in [0.5, 0.6) is 0 Å². The Morgan fingerprint density at radius 2 is 0.607 bits per heavy atom.